The first-order chi connectivity index (χ1) is 18.2. The summed E-state index contributed by atoms with van der Waals surface area (Å²) in [5.74, 6) is -0.313. The van der Waals surface area contributed by atoms with Crippen LogP contribution >= 0.6 is 0 Å². The van der Waals surface area contributed by atoms with E-state index in [1.807, 2.05) is 72.5 Å². The van der Waals surface area contributed by atoms with E-state index in [0.717, 1.165) is 21.9 Å². The molecule has 0 N–H and O–H groups in total. The van der Waals surface area contributed by atoms with Crippen LogP contribution in [-0.4, -0.2) is 58.9 Å². The van der Waals surface area contributed by atoms with Gasteiger partial charge in [0.2, 0.25) is 0 Å². The van der Waals surface area contributed by atoms with Crippen LogP contribution in [0.1, 0.15) is 40.9 Å². The second-order valence-electron chi connectivity index (χ2n) is 9.28. The fourth-order valence-corrected chi connectivity index (χ4v) is 5.29. The van der Waals surface area contributed by atoms with Crippen molar-refractivity contribution in [3.8, 4) is 0 Å². The predicted molar refractivity (Wildman–Crippen MR) is 144 cm³/mol. The Bertz CT molecular complexity index is 1320. The average molecular weight is 494 g/mol. The molecule has 0 unspecified atom stereocenters. The summed E-state index contributed by atoms with van der Waals surface area (Å²) in [4.78, 5) is 35.0. The number of aromatic nitrogens is 1. The molecule has 1 saturated heterocycles. The summed E-state index contributed by atoms with van der Waals surface area (Å²) in [5, 5.41) is 1.82. The lowest BCUT2D eigenvalue weighted by Gasteiger charge is -2.45. The van der Waals surface area contributed by atoms with Crippen molar-refractivity contribution in [2.24, 2.45) is 0 Å². The van der Waals surface area contributed by atoms with Gasteiger partial charge >= 0.3 is 5.97 Å². The molecule has 1 fully saturated rings. The summed E-state index contributed by atoms with van der Waals surface area (Å²) in [6.45, 7) is 3.75. The molecule has 4 aromatic rings. The van der Waals surface area contributed by atoms with E-state index in [9.17, 15) is 9.59 Å². The number of carbonyl (C=O) groups is 2. The zero-order chi connectivity index (χ0) is 25.6. The molecule has 6 heteroatoms. The van der Waals surface area contributed by atoms with Crippen molar-refractivity contribution < 1.29 is 14.3 Å². The number of rotatable bonds is 7. The van der Waals surface area contributed by atoms with Crippen LogP contribution in [0.15, 0.2) is 97.3 Å². The van der Waals surface area contributed by atoms with Crippen molar-refractivity contribution in [2.75, 3.05) is 26.2 Å². The molecule has 2 heterocycles. The summed E-state index contributed by atoms with van der Waals surface area (Å²) in [6.07, 6.45) is 3.63. The van der Waals surface area contributed by atoms with Gasteiger partial charge in [0.05, 0.1) is 24.6 Å². The molecule has 5 rings (SSSR count). The zero-order valence-electron chi connectivity index (χ0n) is 21.0. The van der Waals surface area contributed by atoms with E-state index in [2.05, 4.69) is 34.1 Å². The van der Waals surface area contributed by atoms with Crippen LogP contribution in [0, 0.1) is 0 Å². The van der Waals surface area contributed by atoms with E-state index in [4.69, 9.17) is 4.74 Å². The van der Waals surface area contributed by atoms with Crippen LogP contribution in [0.4, 0.5) is 0 Å². The van der Waals surface area contributed by atoms with Crippen LogP contribution < -0.4 is 0 Å². The Morgan fingerprint density at radius 1 is 0.892 bits per heavy atom. The Kier molecular flexibility index (Phi) is 7.57. The number of pyridine rings is 1. The molecule has 1 aliphatic heterocycles. The minimum atomic E-state index is -0.251. The number of carbonyl (C=O) groups excluding carboxylic acids is 2. The highest BCUT2D eigenvalue weighted by Crippen LogP contribution is 2.33. The highest BCUT2D eigenvalue weighted by Gasteiger charge is 2.37. The molecule has 1 aliphatic rings. The van der Waals surface area contributed by atoms with Crippen LogP contribution in [0.5, 0.6) is 0 Å². The van der Waals surface area contributed by atoms with Crippen LogP contribution in [0.25, 0.3) is 10.8 Å². The van der Waals surface area contributed by atoms with Gasteiger partial charge in [0.15, 0.2) is 0 Å². The smallest absolute Gasteiger partial charge is 0.307 e. The normalized spacial score (nSPS) is 16.2. The van der Waals surface area contributed by atoms with Crippen molar-refractivity contribution in [1.29, 1.82) is 0 Å². The Morgan fingerprint density at radius 3 is 2.22 bits per heavy atom. The maximum atomic E-state index is 13.7. The predicted octanol–water partition coefficient (Wildman–Crippen LogP) is 5.10. The van der Waals surface area contributed by atoms with Gasteiger partial charge in [-0.2, -0.15) is 0 Å². The lowest BCUT2D eigenvalue weighted by molar-refractivity contribution is -0.145. The maximum Gasteiger partial charge on any atom is 0.307 e. The molecule has 0 spiro atoms. The second kappa shape index (κ2) is 11.4. The minimum absolute atomic E-state index is 0.0432. The van der Waals surface area contributed by atoms with Crippen molar-refractivity contribution in [3.63, 3.8) is 0 Å². The topological polar surface area (TPSA) is 62.7 Å². The lowest BCUT2D eigenvalue weighted by Crippen LogP contribution is -2.56. The van der Waals surface area contributed by atoms with Gasteiger partial charge < -0.3 is 9.64 Å². The van der Waals surface area contributed by atoms with Gasteiger partial charge in [-0.15, -0.1) is 0 Å². The van der Waals surface area contributed by atoms with Gasteiger partial charge in [0.1, 0.15) is 0 Å². The number of piperazine rings is 1. The van der Waals surface area contributed by atoms with Gasteiger partial charge in [-0.3, -0.25) is 19.5 Å². The maximum absolute atomic E-state index is 13.7. The molecule has 37 heavy (non-hydrogen) atoms. The largest absolute Gasteiger partial charge is 0.466 e. The highest BCUT2D eigenvalue weighted by atomic mass is 16.5. The van der Waals surface area contributed by atoms with E-state index >= 15 is 0 Å². The Hall–Kier alpha value is -4.03. The Labute approximate surface area is 217 Å². The van der Waals surface area contributed by atoms with Crippen LogP contribution in [0.3, 0.4) is 0 Å². The van der Waals surface area contributed by atoms with Gasteiger partial charge in [0.25, 0.3) is 5.91 Å². The number of hydrogen-bond donors (Lipinski definition) is 0. The fourth-order valence-electron chi connectivity index (χ4n) is 5.29. The third kappa shape index (κ3) is 5.39. The molecule has 0 aliphatic carbocycles. The van der Waals surface area contributed by atoms with E-state index in [1.165, 1.54) is 0 Å². The first kappa shape index (κ1) is 24.7. The highest BCUT2D eigenvalue weighted by molar-refractivity contribution is 6.06. The number of ether oxygens (including phenoxy) is 1. The Balaban J connectivity index is 1.48. The fraction of sp³-hybridized carbons (Fsp3) is 0.258. The SMILES string of the molecule is CCOC(=O)C[C@H]1CN(C(=O)c2cncc3ccccc23)CCN1C(c1ccccc1)c1ccccc1. The summed E-state index contributed by atoms with van der Waals surface area (Å²) in [7, 11) is 0. The molecule has 188 valence electrons. The number of benzene rings is 3. The third-order valence-electron chi connectivity index (χ3n) is 6.98. The van der Waals surface area contributed by atoms with Gasteiger partial charge in [-0.1, -0.05) is 84.9 Å². The minimum Gasteiger partial charge on any atom is -0.466 e. The molecular formula is C31H31N3O3. The molecule has 0 saturated carbocycles. The average Bonchev–Trinajstić information content (AvgIpc) is 2.94. The standard InChI is InChI=1S/C31H31N3O3/c1-2-37-29(35)19-26-22-33(31(36)28-21-32-20-25-15-9-10-16-27(25)28)17-18-34(26)30(23-11-5-3-6-12-23)24-13-7-4-8-14-24/h3-16,20-21,26,30H,2,17-19,22H2,1H3/t26-/m0/s1. The number of esters is 1. The van der Waals surface area contributed by atoms with Gasteiger partial charge in [-0.05, 0) is 23.4 Å². The van der Waals surface area contributed by atoms with Gasteiger partial charge in [-0.25, -0.2) is 0 Å². The number of nitrogens with zero attached hydrogens (tertiary/aromatic N) is 3. The zero-order valence-corrected chi connectivity index (χ0v) is 21.0. The summed E-state index contributed by atoms with van der Waals surface area (Å²) in [6, 6.07) is 28.2. The molecule has 6 nitrogen and oxygen atoms in total. The van der Waals surface area contributed by atoms with E-state index in [0.29, 0.717) is 31.8 Å². The number of hydrogen-bond acceptors (Lipinski definition) is 5. The molecule has 1 aromatic heterocycles. The molecule has 3 aromatic carbocycles. The summed E-state index contributed by atoms with van der Waals surface area (Å²) in [5.41, 5.74) is 2.89. The van der Waals surface area contributed by atoms with Crippen molar-refractivity contribution >= 4 is 22.6 Å². The monoisotopic (exact) mass is 493 g/mol. The second-order valence-corrected chi connectivity index (χ2v) is 9.28. The quantitative estimate of drug-likeness (QED) is 0.335. The lowest BCUT2D eigenvalue weighted by atomic mass is 9.93. The first-order valence-corrected chi connectivity index (χ1v) is 12.8. The number of fused-ring (bicyclic) bond motifs is 1. The molecular weight excluding hydrogens is 462 g/mol. The van der Waals surface area contributed by atoms with Gasteiger partial charge in [0, 0.05) is 43.5 Å². The molecule has 0 bridgehead atoms. The van der Waals surface area contributed by atoms with E-state index in [1.54, 1.807) is 12.4 Å². The van der Waals surface area contributed by atoms with Crippen molar-refractivity contribution in [2.45, 2.75) is 25.4 Å². The van der Waals surface area contributed by atoms with Crippen LogP contribution in [-0.2, 0) is 9.53 Å². The molecule has 0 radical (unpaired) electrons. The van der Waals surface area contributed by atoms with Crippen molar-refractivity contribution in [1.82, 2.24) is 14.8 Å². The van der Waals surface area contributed by atoms with E-state index in [-0.39, 0.29) is 30.4 Å². The van der Waals surface area contributed by atoms with E-state index < -0.39 is 0 Å². The first-order valence-electron chi connectivity index (χ1n) is 12.8. The molecule has 1 amide bonds. The Morgan fingerprint density at radius 2 is 1.54 bits per heavy atom. The van der Waals surface area contributed by atoms with Crippen LogP contribution in [0.2, 0.25) is 0 Å². The third-order valence-corrected chi connectivity index (χ3v) is 6.98. The van der Waals surface area contributed by atoms with Crippen molar-refractivity contribution in [3.05, 3.63) is 114 Å². The number of amides is 1. The summed E-state index contributed by atoms with van der Waals surface area (Å²) < 4.78 is 5.34. The summed E-state index contributed by atoms with van der Waals surface area (Å²) >= 11 is 0. The molecule has 1 atom stereocenters.